The molecule has 0 aliphatic carbocycles. The van der Waals surface area contributed by atoms with Gasteiger partial charge in [0.15, 0.2) is 10.8 Å². The van der Waals surface area contributed by atoms with E-state index in [1.807, 2.05) is 0 Å². The molecule has 10 heteroatoms. The van der Waals surface area contributed by atoms with Gasteiger partial charge in [0.25, 0.3) is 5.91 Å². The smallest absolute Gasteiger partial charge is 0.357 e. The van der Waals surface area contributed by atoms with E-state index in [2.05, 4.69) is 17.2 Å². The Labute approximate surface area is 173 Å². The number of amides is 1. The van der Waals surface area contributed by atoms with Gasteiger partial charge < -0.3 is 4.74 Å². The van der Waals surface area contributed by atoms with Crippen LogP contribution in [0.15, 0.2) is 34.5 Å². The van der Waals surface area contributed by atoms with Crippen molar-refractivity contribution in [1.82, 2.24) is 9.29 Å². The van der Waals surface area contributed by atoms with E-state index in [1.54, 1.807) is 6.92 Å². The molecule has 1 aliphatic rings. The standard InChI is InChI=1S/C19H23N3O5S2/c1-3-27-18(24)16-12-28-19(20-16)21-17(23)14-4-6-15(7-5-14)29(25,26)22-10-8-13(2)9-11-22/h4-7,12-13H,3,8-11H2,1-2H3,(H,20,21,23). The number of thiazole rings is 1. The largest absolute Gasteiger partial charge is 0.461 e. The minimum absolute atomic E-state index is 0.129. The lowest BCUT2D eigenvalue weighted by Crippen LogP contribution is -2.37. The van der Waals surface area contributed by atoms with Crippen LogP contribution >= 0.6 is 11.3 Å². The van der Waals surface area contributed by atoms with Crippen molar-refractivity contribution in [2.75, 3.05) is 25.0 Å². The number of hydrogen-bond donors (Lipinski definition) is 1. The fourth-order valence-electron chi connectivity index (χ4n) is 2.95. The lowest BCUT2D eigenvalue weighted by molar-refractivity contribution is 0.0520. The molecule has 0 unspecified atom stereocenters. The van der Waals surface area contributed by atoms with E-state index < -0.39 is 21.9 Å². The first-order valence-electron chi connectivity index (χ1n) is 9.35. The van der Waals surface area contributed by atoms with Gasteiger partial charge in [0.2, 0.25) is 10.0 Å². The zero-order chi connectivity index (χ0) is 21.0. The molecule has 29 heavy (non-hydrogen) atoms. The Morgan fingerprint density at radius 3 is 2.52 bits per heavy atom. The minimum Gasteiger partial charge on any atom is -0.461 e. The summed E-state index contributed by atoms with van der Waals surface area (Å²) in [7, 11) is -3.56. The van der Waals surface area contributed by atoms with Gasteiger partial charge in [-0.1, -0.05) is 6.92 Å². The number of hydrogen-bond acceptors (Lipinski definition) is 7. The van der Waals surface area contributed by atoms with E-state index in [0.29, 0.717) is 24.6 Å². The number of esters is 1. The van der Waals surface area contributed by atoms with Gasteiger partial charge in [0, 0.05) is 24.0 Å². The molecule has 1 aliphatic heterocycles. The van der Waals surface area contributed by atoms with Crippen LogP contribution in [0.2, 0.25) is 0 Å². The van der Waals surface area contributed by atoms with Crippen LogP contribution < -0.4 is 5.32 Å². The van der Waals surface area contributed by atoms with Crippen LogP contribution in [0.3, 0.4) is 0 Å². The van der Waals surface area contributed by atoms with Gasteiger partial charge in [-0.15, -0.1) is 11.3 Å². The average Bonchev–Trinajstić information content (AvgIpc) is 3.17. The maximum absolute atomic E-state index is 12.8. The van der Waals surface area contributed by atoms with Crippen LogP contribution in [0.25, 0.3) is 0 Å². The monoisotopic (exact) mass is 437 g/mol. The second-order valence-corrected chi connectivity index (χ2v) is 9.62. The third-order valence-corrected chi connectivity index (χ3v) is 7.38. The highest BCUT2D eigenvalue weighted by Gasteiger charge is 2.28. The van der Waals surface area contributed by atoms with Crippen LogP contribution in [0.4, 0.5) is 5.13 Å². The zero-order valence-corrected chi connectivity index (χ0v) is 17.9. The molecule has 8 nitrogen and oxygen atoms in total. The van der Waals surface area contributed by atoms with Gasteiger partial charge in [0.05, 0.1) is 11.5 Å². The Bertz CT molecular complexity index is 978. The molecule has 3 rings (SSSR count). The van der Waals surface area contributed by atoms with Crippen LogP contribution in [0, 0.1) is 5.92 Å². The molecule has 156 valence electrons. The molecule has 0 atom stereocenters. The van der Waals surface area contributed by atoms with Crippen LogP contribution in [-0.2, 0) is 14.8 Å². The predicted octanol–water partition coefficient (Wildman–Crippen LogP) is 2.99. The number of anilines is 1. The maximum atomic E-state index is 12.8. The molecular formula is C19H23N3O5S2. The van der Waals surface area contributed by atoms with E-state index in [0.717, 1.165) is 24.2 Å². The summed E-state index contributed by atoms with van der Waals surface area (Å²) in [5.41, 5.74) is 0.425. The Morgan fingerprint density at radius 2 is 1.90 bits per heavy atom. The van der Waals surface area contributed by atoms with Crippen molar-refractivity contribution in [2.45, 2.75) is 31.6 Å². The first kappa shape index (κ1) is 21.4. The van der Waals surface area contributed by atoms with Gasteiger partial charge in [-0.05, 0) is 49.9 Å². The number of carbonyl (C=O) groups excluding carboxylic acids is 2. The lowest BCUT2D eigenvalue weighted by Gasteiger charge is -2.29. The van der Waals surface area contributed by atoms with E-state index in [1.165, 1.54) is 34.0 Å². The number of benzene rings is 1. The average molecular weight is 438 g/mol. The second-order valence-electron chi connectivity index (χ2n) is 6.82. The third-order valence-electron chi connectivity index (χ3n) is 4.71. The Balaban J connectivity index is 1.67. The second kappa shape index (κ2) is 9.02. The number of nitrogens with zero attached hydrogens (tertiary/aromatic N) is 2. The van der Waals surface area contributed by atoms with Crippen molar-refractivity contribution < 1.29 is 22.7 Å². The molecule has 2 heterocycles. The molecule has 1 aromatic heterocycles. The molecule has 1 N–H and O–H groups in total. The Morgan fingerprint density at radius 1 is 1.24 bits per heavy atom. The molecule has 0 saturated carbocycles. The van der Waals surface area contributed by atoms with Gasteiger partial charge in [0.1, 0.15) is 0 Å². The maximum Gasteiger partial charge on any atom is 0.357 e. The van der Waals surface area contributed by atoms with Gasteiger partial charge in [-0.2, -0.15) is 4.31 Å². The first-order valence-corrected chi connectivity index (χ1v) is 11.7. The molecule has 0 bridgehead atoms. The van der Waals surface area contributed by atoms with Crippen molar-refractivity contribution in [2.24, 2.45) is 5.92 Å². The van der Waals surface area contributed by atoms with E-state index in [4.69, 9.17) is 4.74 Å². The van der Waals surface area contributed by atoms with E-state index in [9.17, 15) is 18.0 Å². The third kappa shape index (κ3) is 5.01. The van der Waals surface area contributed by atoms with Crippen LogP contribution in [0.5, 0.6) is 0 Å². The van der Waals surface area contributed by atoms with Crippen LogP contribution in [-0.4, -0.2) is 49.3 Å². The summed E-state index contributed by atoms with van der Waals surface area (Å²) in [6.45, 7) is 5.08. The normalized spacial score (nSPS) is 15.8. The van der Waals surface area contributed by atoms with Crippen molar-refractivity contribution >= 4 is 38.4 Å². The van der Waals surface area contributed by atoms with Crippen LogP contribution in [0.1, 0.15) is 47.5 Å². The first-order chi connectivity index (χ1) is 13.8. The summed E-state index contributed by atoms with van der Waals surface area (Å²) in [4.78, 5) is 28.2. The minimum atomic E-state index is -3.56. The summed E-state index contributed by atoms with van der Waals surface area (Å²) in [6, 6.07) is 5.81. The van der Waals surface area contributed by atoms with Gasteiger partial charge in [-0.3, -0.25) is 10.1 Å². The van der Waals surface area contributed by atoms with E-state index in [-0.39, 0.29) is 22.3 Å². The molecule has 1 amide bonds. The summed E-state index contributed by atoms with van der Waals surface area (Å²) >= 11 is 1.11. The summed E-state index contributed by atoms with van der Waals surface area (Å²) in [5.74, 6) is -0.459. The Hall–Kier alpha value is -2.30. The highest BCUT2D eigenvalue weighted by atomic mass is 32.2. The Kier molecular flexibility index (Phi) is 6.66. The molecule has 0 radical (unpaired) electrons. The molecule has 1 saturated heterocycles. The topological polar surface area (TPSA) is 106 Å². The lowest BCUT2D eigenvalue weighted by atomic mass is 10.0. The molecule has 1 aromatic carbocycles. The molecule has 2 aromatic rings. The van der Waals surface area contributed by atoms with E-state index >= 15 is 0 Å². The van der Waals surface area contributed by atoms with Gasteiger partial charge in [-0.25, -0.2) is 18.2 Å². The summed E-state index contributed by atoms with van der Waals surface area (Å²) in [6.07, 6.45) is 1.70. The fraction of sp³-hybridized carbons (Fsp3) is 0.421. The number of carbonyl (C=O) groups is 2. The SMILES string of the molecule is CCOC(=O)c1csc(NC(=O)c2ccc(S(=O)(=O)N3CCC(C)CC3)cc2)n1. The van der Waals surface area contributed by atoms with Crippen molar-refractivity contribution in [3.63, 3.8) is 0 Å². The number of sulfonamides is 1. The number of rotatable bonds is 6. The van der Waals surface area contributed by atoms with Crippen molar-refractivity contribution in [3.8, 4) is 0 Å². The number of aromatic nitrogens is 1. The quantitative estimate of drug-likeness (QED) is 0.697. The summed E-state index contributed by atoms with van der Waals surface area (Å²) < 4.78 is 31.9. The van der Waals surface area contributed by atoms with Crippen molar-refractivity contribution in [3.05, 3.63) is 40.9 Å². The highest BCUT2D eigenvalue weighted by Crippen LogP contribution is 2.24. The zero-order valence-electron chi connectivity index (χ0n) is 16.3. The molecule has 0 spiro atoms. The van der Waals surface area contributed by atoms with Crippen molar-refractivity contribution in [1.29, 1.82) is 0 Å². The van der Waals surface area contributed by atoms with Gasteiger partial charge >= 0.3 is 5.97 Å². The number of piperidine rings is 1. The predicted molar refractivity (Wildman–Crippen MR) is 110 cm³/mol. The number of nitrogens with one attached hydrogen (secondary N) is 1. The number of ether oxygens (including phenoxy) is 1. The molecule has 1 fully saturated rings. The fourth-order valence-corrected chi connectivity index (χ4v) is 5.10. The molecular weight excluding hydrogens is 414 g/mol. The highest BCUT2D eigenvalue weighted by molar-refractivity contribution is 7.89. The summed E-state index contributed by atoms with van der Waals surface area (Å²) in [5, 5.41) is 4.37.